The highest BCUT2D eigenvalue weighted by atomic mass is 32.2. The Kier molecular flexibility index (Phi) is 3.79. The lowest BCUT2D eigenvalue weighted by molar-refractivity contribution is 0.288. The molecule has 1 fully saturated rings. The van der Waals surface area contributed by atoms with Gasteiger partial charge < -0.3 is 4.98 Å². The second-order valence-corrected chi connectivity index (χ2v) is 8.35. The van der Waals surface area contributed by atoms with Crippen LogP contribution in [0.2, 0.25) is 0 Å². The molecule has 3 aliphatic heterocycles. The Hall–Kier alpha value is -1.45. The largest absolute Gasteiger partial charge is 0.361 e. The summed E-state index contributed by atoms with van der Waals surface area (Å²) in [6.45, 7) is 2.52. The Labute approximate surface area is 149 Å². The van der Waals surface area contributed by atoms with E-state index in [9.17, 15) is 0 Å². The van der Waals surface area contributed by atoms with Gasteiger partial charge in [-0.1, -0.05) is 18.2 Å². The molecule has 0 radical (unpaired) electrons. The van der Waals surface area contributed by atoms with Crippen LogP contribution in [-0.4, -0.2) is 40.5 Å². The fraction of sp³-hybridized carbons (Fsp3) is 0.429. The van der Waals surface area contributed by atoms with Crippen LogP contribution >= 0.6 is 11.8 Å². The predicted molar refractivity (Wildman–Crippen MR) is 108 cm³/mol. The summed E-state index contributed by atoms with van der Waals surface area (Å²) in [5.41, 5.74) is 7.21. The lowest BCUT2D eigenvalue weighted by Crippen LogP contribution is -2.32. The van der Waals surface area contributed by atoms with Gasteiger partial charge in [-0.15, -0.1) is 0 Å². The number of nitrogens with zero attached hydrogens (tertiary/aromatic N) is 1. The molecule has 0 saturated carbocycles. The summed E-state index contributed by atoms with van der Waals surface area (Å²) in [5.74, 6) is 2.42. The van der Waals surface area contributed by atoms with Crippen LogP contribution in [0.4, 0.5) is 0 Å². The molecule has 1 saturated heterocycles. The van der Waals surface area contributed by atoms with E-state index in [4.69, 9.17) is 0 Å². The Bertz CT molecular complexity index is 836. The van der Waals surface area contributed by atoms with E-state index in [0.717, 1.165) is 5.75 Å². The molecular formula is C21H26N2S. The third-order valence-corrected chi connectivity index (χ3v) is 6.73. The maximum atomic E-state index is 3.50. The van der Waals surface area contributed by atoms with Crippen molar-refractivity contribution in [3.63, 3.8) is 0 Å². The summed E-state index contributed by atoms with van der Waals surface area (Å²) in [6.07, 6.45) is 12.3. The standard InChI is InChI=1S/C21H24N2S.H2/c1-2-18-12-17(5-9-23(18)8-1)20-14-22-21-4-3-16(13-19(20)21)15-6-10-24-11-7-15;/h3-4,6,12-14,18,22H,1-2,5,7-11H2;1H. The van der Waals surface area contributed by atoms with E-state index in [0.29, 0.717) is 6.04 Å². The van der Waals surface area contributed by atoms with Crippen molar-refractivity contribution in [2.24, 2.45) is 0 Å². The van der Waals surface area contributed by atoms with Gasteiger partial charge >= 0.3 is 0 Å². The number of hydrogen-bond donors (Lipinski definition) is 1. The van der Waals surface area contributed by atoms with E-state index in [1.807, 2.05) is 11.8 Å². The number of allylic oxidation sites excluding steroid dienone is 1. The number of H-pyrrole nitrogens is 1. The minimum Gasteiger partial charge on any atom is -0.361 e. The van der Waals surface area contributed by atoms with Gasteiger partial charge in [0.05, 0.1) is 0 Å². The van der Waals surface area contributed by atoms with E-state index in [-0.39, 0.29) is 1.43 Å². The van der Waals surface area contributed by atoms with Gasteiger partial charge in [0.1, 0.15) is 0 Å². The van der Waals surface area contributed by atoms with Crippen molar-refractivity contribution < 1.29 is 1.43 Å². The number of benzene rings is 1. The van der Waals surface area contributed by atoms with Gasteiger partial charge in [-0.25, -0.2) is 0 Å². The van der Waals surface area contributed by atoms with Gasteiger partial charge in [0.25, 0.3) is 0 Å². The maximum Gasteiger partial charge on any atom is 0.0460 e. The fourth-order valence-corrected chi connectivity index (χ4v) is 5.35. The molecule has 0 amide bonds. The molecule has 3 aliphatic rings. The van der Waals surface area contributed by atoms with Crippen molar-refractivity contribution in [3.8, 4) is 0 Å². The average molecular weight is 339 g/mol. The molecule has 1 aromatic carbocycles. The minimum absolute atomic E-state index is 0. The van der Waals surface area contributed by atoms with Crippen LogP contribution in [-0.2, 0) is 0 Å². The third kappa shape index (κ3) is 2.55. The molecule has 24 heavy (non-hydrogen) atoms. The minimum atomic E-state index is 0. The molecule has 0 aliphatic carbocycles. The Morgan fingerprint density at radius 1 is 1.17 bits per heavy atom. The first-order valence-electron chi connectivity index (χ1n) is 9.22. The number of thioether (sulfide) groups is 1. The molecule has 2 nitrogen and oxygen atoms in total. The normalized spacial score (nSPS) is 24.8. The highest BCUT2D eigenvalue weighted by Crippen LogP contribution is 2.35. The van der Waals surface area contributed by atoms with E-state index < -0.39 is 0 Å². The summed E-state index contributed by atoms with van der Waals surface area (Å²) >= 11 is 2.04. The Balaban J connectivity index is 0.00000157. The topological polar surface area (TPSA) is 19.0 Å². The van der Waals surface area contributed by atoms with Crippen LogP contribution in [0, 0.1) is 0 Å². The van der Waals surface area contributed by atoms with Gasteiger partial charge in [-0.3, -0.25) is 4.90 Å². The molecule has 1 atom stereocenters. The fourth-order valence-electron chi connectivity index (χ4n) is 4.50. The second-order valence-electron chi connectivity index (χ2n) is 7.20. The van der Waals surface area contributed by atoms with Crippen LogP contribution in [0.25, 0.3) is 22.0 Å². The smallest absolute Gasteiger partial charge is 0.0460 e. The molecule has 3 heteroatoms. The van der Waals surface area contributed by atoms with E-state index in [2.05, 4.69) is 46.4 Å². The van der Waals surface area contributed by atoms with Crippen molar-refractivity contribution in [1.29, 1.82) is 0 Å². The molecule has 126 valence electrons. The Morgan fingerprint density at radius 2 is 2.17 bits per heavy atom. The van der Waals surface area contributed by atoms with Crippen molar-refractivity contribution in [2.45, 2.75) is 31.7 Å². The van der Waals surface area contributed by atoms with E-state index >= 15 is 0 Å². The second kappa shape index (κ2) is 6.12. The number of rotatable bonds is 2. The summed E-state index contributed by atoms with van der Waals surface area (Å²) in [5, 5.41) is 1.41. The van der Waals surface area contributed by atoms with Crippen molar-refractivity contribution in [3.05, 3.63) is 47.7 Å². The van der Waals surface area contributed by atoms with Gasteiger partial charge in [-0.05, 0) is 66.8 Å². The number of fused-ring (bicyclic) bond motifs is 2. The highest BCUT2D eigenvalue weighted by Gasteiger charge is 2.27. The van der Waals surface area contributed by atoms with Crippen LogP contribution in [0.15, 0.2) is 36.5 Å². The molecule has 5 rings (SSSR count). The molecule has 1 unspecified atom stereocenters. The first-order chi connectivity index (χ1) is 11.9. The third-order valence-electron chi connectivity index (χ3n) is 5.84. The summed E-state index contributed by atoms with van der Waals surface area (Å²) in [6, 6.07) is 7.66. The SMILES string of the molecule is C1=C(c2ccc3[nH]cc(C4=CC5CCCN5CC4)c3c2)CCSC1.[HH]. The molecule has 4 heterocycles. The van der Waals surface area contributed by atoms with Crippen molar-refractivity contribution >= 4 is 33.8 Å². The van der Waals surface area contributed by atoms with E-state index in [1.165, 1.54) is 72.1 Å². The summed E-state index contributed by atoms with van der Waals surface area (Å²) < 4.78 is 0. The monoisotopic (exact) mass is 338 g/mol. The number of nitrogens with one attached hydrogen (secondary N) is 1. The molecule has 0 spiro atoms. The quantitative estimate of drug-likeness (QED) is 0.813. The van der Waals surface area contributed by atoms with Gasteiger partial charge in [0.15, 0.2) is 0 Å². The van der Waals surface area contributed by atoms with Crippen LogP contribution in [0.5, 0.6) is 0 Å². The number of aromatic nitrogens is 1. The maximum absolute atomic E-state index is 3.50. The lowest BCUT2D eigenvalue weighted by Gasteiger charge is -2.28. The molecule has 1 N–H and O–H groups in total. The summed E-state index contributed by atoms with van der Waals surface area (Å²) in [4.78, 5) is 6.14. The van der Waals surface area contributed by atoms with Gasteiger partial charge in [0, 0.05) is 42.4 Å². The lowest BCUT2D eigenvalue weighted by atomic mass is 9.94. The van der Waals surface area contributed by atoms with Gasteiger partial charge in [-0.2, -0.15) is 11.8 Å². The van der Waals surface area contributed by atoms with Crippen molar-refractivity contribution in [1.82, 2.24) is 9.88 Å². The first kappa shape index (κ1) is 14.9. The average Bonchev–Trinajstić information content (AvgIpc) is 3.27. The molecule has 1 aromatic heterocycles. The Morgan fingerprint density at radius 3 is 3.08 bits per heavy atom. The van der Waals surface area contributed by atoms with Crippen molar-refractivity contribution in [2.75, 3.05) is 24.6 Å². The zero-order valence-electron chi connectivity index (χ0n) is 14.1. The van der Waals surface area contributed by atoms with Crippen LogP contribution in [0.3, 0.4) is 0 Å². The van der Waals surface area contributed by atoms with Crippen LogP contribution in [0.1, 0.15) is 38.2 Å². The zero-order chi connectivity index (χ0) is 15.9. The van der Waals surface area contributed by atoms with Gasteiger partial charge in [0.2, 0.25) is 0 Å². The number of aromatic amines is 1. The number of hydrogen-bond acceptors (Lipinski definition) is 2. The molecule has 2 aromatic rings. The molecule has 0 bridgehead atoms. The zero-order valence-corrected chi connectivity index (χ0v) is 14.9. The van der Waals surface area contributed by atoms with Crippen LogP contribution < -0.4 is 0 Å². The molecular weight excluding hydrogens is 312 g/mol. The van der Waals surface area contributed by atoms with E-state index in [1.54, 1.807) is 5.57 Å². The highest BCUT2D eigenvalue weighted by molar-refractivity contribution is 7.99. The first-order valence-corrected chi connectivity index (χ1v) is 10.4. The summed E-state index contributed by atoms with van der Waals surface area (Å²) in [7, 11) is 0. The predicted octanol–water partition coefficient (Wildman–Crippen LogP) is 5.19.